The van der Waals surface area contributed by atoms with E-state index in [0.717, 1.165) is 18.4 Å². The van der Waals surface area contributed by atoms with Gasteiger partial charge in [0.15, 0.2) is 0 Å². The van der Waals surface area contributed by atoms with E-state index in [-0.39, 0.29) is 5.82 Å². The zero-order valence-electron chi connectivity index (χ0n) is 13.1. The molecule has 2 heteroatoms. The quantitative estimate of drug-likeness (QED) is 0.826. The first-order valence-electron chi connectivity index (χ1n) is 7.63. The molecule has 21 heavy (non-hydrogen) atoms. The molecule has 2 aromatic rings. The fourth-order valence-electron chi connectivity index (χ4n) is 3.02. The molecule has 0 aliphatic carbocycles. The lowest BCUT2D eigenvalue weighted by molar-refractivity contribution is 0.447. The van der Waals surface area contributed by atoms with Gasteiger partial charge in [0.2, 0.25) is 0 Å². The molecule has 0 aliphatic heterocycles. The molecule has 0 bridgehead atoms. The molecule has 0 amide bonds. The van der Waals surface area contributed by atoms with Crippen molar-refractivity contribution in [3.63, 3.8) is 0 Å². The zero-order chi connectivity index (χ0) is 15.2. The van der Waals surface area contributed by atoms with Crippen molar-refractivity contribution in [2.24, 2.45) is 0 Å². The normalized spacial score (nSPS) is 13.9. The highest BCUT2D eigenvalue weighted by atomic mass is 19.1. The zero-order valence-corrected chi connectivity index (χ0v) is 13.1. The molecule has 2 unspecified atom stereocenters. The van der Waals surface area contributed by atoms with E-state index in [1.807, 2.05) is 20.0 Å². The summed E-state index contributed by atoms with van der Waals surface area (Å²) in [5.74, 6) is 0.299. The minimum Gasteiger partial charge on any atom is -0.316 e. The van der Waals surface area contributed by atoms with Crippen LogP contribution < -0.4 is 5.32 Å². The summed E-state index contributed by atoms with van der Waals surface area (Å²) < 4.78 is 13.2. The summed E-state index contributed by atoms with van der Waals surface area (Å²) in [6, 6.07) is 16.0. The molecule has 112 valence electrons. The molecule has 1 nitrogen and oxygen atoms in total. The summed E-state index contributed by atoms with van der Waals surface area (Å²) in [5.41, 5.74) is 3.60. The van der Waals surface area contributed by atoms with E-state index >= 15 is 0 Å². The Bertz CT molecular complexity index is 565. The third kappa shape index (κ3) is 3.92. The maximum atomic E-state index is 13.2. The van der Waals surface area contributed by atoms with Crippen LogP contribution in [0.15, 0.2) is 48.5 Å². The minimum absolute atomic E-state index is 0.160. The van der Waals surface area contributed by atoms with E-state index in [1.165, 1.54) is 11.1 Å². The Kier molecular flexibility index (Phi) is 5.51. The highest BCUT2D eigenvalue weighted by Crippen LogP contribution is 2.26. The van der Waals surface area contributed by atoms with Crippen LogP contribution in [0.3, 0.4) is 0 Å². The second kappa shape index (κ2) is 7.37. The number of nitrogens with one attached hydrogen (secondary N) is 1. The first-order chi connectivity index (χ1) is 10.2. The van der Waals surface area contributed by atoms with E-state index in [1.54, 1.807) is 12.1 Å². The van der Waals surface area contributed by atoms with Crippen molar-refractivity contribution in [2.45, 2.75) is 38.6 Å². The van der Waals surface area contributed by atoms with E-state index in [2.05, 4.69) is 42.6 Å². The topological polar surface area (TPSA) is 12.0 Å². The highest BCUT2D eigenvalue weighted by Gasteiger charge is 2.21. The largest absolute Gasteiger partial charge is 0.316 e. The molecule has 0 radical (unpaired) electrons. The Balaban J connectivity index is 2.22. The summed E-state index contributed by atoms with van der Waals surface area (Å²) in [5, 5.41) is 3.45. The number of hydrogen-bond donors (Lipinski definition) is 1. The van der Waals surface area contributed by atoms with Gasteiger partial charge < -0.3 is 5.32 Å². The number of halogens is 1. The van der Waals surface area contributed by atoms with Crippen LogP contribution in [0.2, 0.25) is 0 Å². The summed E-state index contributed by atoms with van der Waals surface area (Å²) in [7, 11) is 2.01. The summed E-state index contributed by atoms with van der Waals surface area (Å²) in [6.07, 6.45) is 1.99. The van der Waals surface area contributed by atoms with Gasteiger partial charge in [-0.3, -0.25) is 0 Å². The van der Waals surface area contributed by atoms with E-state index in [0.29, 0.717) is 12.0 Å². The fraction of sp³-hybridized carbons (Fsp3) is 0.368. The maximum Gasteiger partial charge on any atom is 0.123 e. The molecule has 2 rings (SSSR count). The second-order valence-electron chi connectivity index (χ2n) is 5.60. The van der Waals surface area contributed by atoms with Crippen molar-refractivity contribution < 1.29 is 4.39 Å². The number of rotatable bonds is 6. The Morgan fingerprint density at radius 3 is 2.38 bits per heavy atom. The maximum absolute atomic E-state index is 13.2. The molecule has 0 aliphatic rings. The SMILES string of the molecule is CCC(c1ccccc1)C(Cc1ccc(F)cc1C)NC. The summed E-state index contributed by atoms with van der Waals surface area (Å²) in [4.78, 5) is 0. The molecule has 2 aromatic carbocycles. The van der Waals surface area contributed by atoms with Gasteiger partial charge >= 0.3 is 0 Å². The third-order valence-corrected chi connectivity index (χ3v) is 4.27. The van der Waals surface area contributed by atoms with Crippen LogP contribution in [0.1, 0.15) is 36.0 Å². The van der Waals surface area contributed by atoms with Gasteiger partial charge in [-0.1, -0.05) is 43.3 Å². The lowest BCUT2D eigenvalue weighted by Crippen LogP contribution is -2.34. The average molecular weight is 285 g/mol. The number of hydrogen-bond acceptors (Lipinski definition) is 1. The second-order valence-corrected chi connectivity index (χ2v) is 5.60. The van der Waals surface area contributed by atoms with Gasteiger partial charge in [-0.15, -0.1) is 0 Å². The van der Waals surface area contributed by atoms with Crippen LogP contribution in [0.5, 0.6) is 0 Å². The van der Waals surface area contributed by atoms with Crippen LogP contribution in [0.4, 0.5) is 4.39 Å². The van der Waals surface area contributed by atoms with Crippen LogP contribution >= 0.6 is 0 Å². The Morgan fingerprint density at radius 2 is 1.81 bits per heavy atom. The van der Waals surface area contributed by atoms with Crippen LogP contribution in [-0.4, -0.2) is 13.1 Å². The lowest BCUT2D eigenvalue weighted by atomic mass is 9.85. The average Bonchev–Trinajstić information content (AvgIpc) is 2.50. The lowest BCUT2D eigenvalue weighted by Gasteiger charge is -2.27. The summed E-state index contributed by atoms with van der Waals surface area (Å²) in [6.45, 7) is 4.20. The molecular formula is C19H24FN. The Morgan fingerprint density at radius 1 is 1.10 bits per heavy atom. The number of aryl methyl sites for hydroxylation is 1. The van der Waals surface area contributed by atoms with Gasteiger partial charge in [0.25, 0.3) is 0 Å². The minimum atomic E-state index is -0.160. The van der Waals surface area contributed by atoms with E-state index in [4.69, 9.17) is 0 Å². The molecule has 0 saturated carbocycles. The standard InChI is InChI=1S/C19H24FN/c1-4-18(15-8-6-5-7-9-15)19(21-3)13-16-10-11-17(20)12-14(16)2/h5-12,18-19,21H,4,13H2,1-3H3. The van der Waals surface area contributed by atoms with Gasteiger partial charge in [-0.2, -0.15) is 0 Å². The first-order valence-corrected chi connectivity index (χ1v) is 7.63. The molecular weight excluding hydrogens is 261 g/mol. The van der Waals surface area contributed by atoms with Crippen molar-refractivity contribution in [3.05, 3.63) is 71.0 Å². The van der Waals surface area contributed by atoms with Gasteiger partial charge in [0.05, 0.1) is 0 Å². The van der Waals surface area contributed by atoms with E-state index < -0.39 is 0 Å². The molecule has 0 saturated heterocycles. The Hall–Kier alpha value is -1.67. The number of likely N-dealkylation sites (N-methyl/N-ethyl adjacent to an activating group) is 1. The molecule has 1 N–H and O–H groups in total. The van der Waals surface area contributed by atoms with Gasteiger partial charge in [0.1, 0.15) is 5.82 Å². The number of benzene rings is 2. The molecule has 0 aromatic heterocycles. The summed E-state index contributed by atoms with van der Waals surface area (Å²) >= 11 is 0. The van der Waals surface area contributed by atoms with Crippen molar-refractivity contribution in [3.8, 4) is 0 Å². The van der Waals surface area contributed by atoms with Gasteiger partial charge in [0, 0.05) is 6.04 Å². The third-order valence-electron chi connectivity index (χ3n) is 4.27. The van der Waals surface area contributed by atoms with Crippen molar-refractivity contribution in [1.29, 1.82) is 0 Å². The van der Waals surface area contributed by atoms with Crippen molar-refractivity contribution in [2.75, 3.05) is 7.05 Å². The first kappa shape index (κ1) is 15.7. The van der Waals surface area contributed by atoms with Gasteiger partial charge in [-0.05, 0) is 61.6 Å². The van der Waals surface area contributed by atoms with Gasteiger partial charge in [-0.25, -0.2) is 4.39 Å². The van der Waals surface area contributed by atoms with Crippen LogP contribution in [0.25, 0.3) is 0 Å². The molecule has 0 heterocycles. The predicted octanol–water partition coefficient (Wildman–Crippen LogP) is 4.46. The Labute approximate surface area is 127 Å². The molecule has 0 spiro atoms. The van der Waals surface area contributed by atoms with Crippen molar-refractivity contribution >= 4 is 0 Å². The highest BCUT2D eigenvalue weighted by molar-refractivity contribution is 5.29. The van der Waals surface area contributed by atoms with Crippen LogP contribution in [-0.2, 0) is 6.42 Å². The van der Waals surface area contributed by atoms with Crippen LogP contribution in [0, 0.1) is 12.7 Å². The molecule has 2 atom stereocenters. The van der Waals surface area contributed by atoms with E-state index in [9.17, 15) is 4.39 Å². The fourth-order valence-corrected chi connectivity index (χ4v) is 3.02. The molecule has 0 fully saturated rings. The smallest absolute Gasteiger partial charge is 0.123 e. The predicted molar refractivity (Wildman–Crippen MR) is 87.2 cm³/mol. The van der Waals surface area contributed by atoms with Crippen molar-refractivity contribution in [1.82, 2.24) is 5.32 Å². The monoisotopic (exact) mass is 285 g/mol.